The van der Waals surface area contributed by atoms with Crippen molar-refractivity contribution in [3.05, 3.63) is 50.8 Å². The van der Waals surface area contributed by atoms with E-state index in [9.17, 15) is 9.59 Å². The highest BCUT2D eigenvalue weighted by molar-refractivity contribution is 7.09. The Kier molecular flexibility index (Phi) is 5.61. The summed E-state index contributed by atoms with van der Waals surface area (Å²) in [6.45, 7) is 0.685. The second-order valence-electron chi connectivity index (χ2n) is 4.75. The van der Waals surface area contributed by atoms with Crippen LogP contribution in [0.4, 0.5) is 0 Å². The number of fused-ring (bicyclic) bond motifs is 2. The summed E-state index contributed by atoms with van der Waals surface area (Å²) >= 11 is 1.78. The lowest BCUT2D eigenvalue weighted by molar-refractivity contribution is -0.134. The van der Waals surface area contributed by atoms with Gasteiger partial charge in [-0.05, 0) is 30.2 Å². The van der Waals surface area contributed by atoms with Crippen molar-refractivity contribution >= 4 is 34.9 Å². The maximum atomic E-state index is 9.55. The molecule has 0 atom stereocenters. The Balaban J connectivity index is 0.000000207. The standard InChI is InChI=1S/C12H12N2S.C4H4O4/c13-6-5-11-14-12-9-4-2-1-3-8(9)7-10(12)15-11;5-3(6)1-2-4(7)8/h1-3,7H,4-6,13H2;1-2H,(H,5,6)(H,7,8). The maximum Gasteiger partial charge on any atom is 0.328 e. The minimum atomic E-state index is -1.26. The first-order chi connectivity index (χ1) is 11.0. The number of rotatable bonds is 4. The molecule has 1 aromatic rings. The average Bonchev–Trinajstić information content (AvgIpc) is 3.03. The van der Waals surface area contributed by atoms with E-state index in [1.165, 1.54) is 26.0 Å². The first kappa shape index (κ1) is 16.9. The molecule has 0 fully saturated rings. The molecule has 1 heterocycles. The average molecular weight is 332 g/mol. The van der Waals surface area contributed by atoms with E-state index in [0.717, 1.165) is 12.8 Å². The first-order valence-corrected chi connectivity index (χ1v) is 7.74. The van der Waals surface area contributed by atoms with Gasteiger partial charge in [0.1, 0.15) is 0 Å². The summed E-state index contributed by atoms with van der Waals surface area (Å²) in [6.07, 6.45) is 11.7. The number of carbonyl (C=O) groups is 2. The third kappa shape index (κ3) is 4.48. The molecule has 0 bridgehead atoms. The molecule has 23 heavy (non-hydrogen) atoms. The van der Waals surface area contributed by atoms with Crippen LogP contribution < -0.4 is 15.6 Å². The van der Waals surface area contributed by atoms with Crippen LogP contribution >= 0.6 is 11.3 Å². The van der Waals surface area contributed by atoms with Gasteiger partial charge in [0.2, 0.25) is 0 Å². The van der Waals surface area contributed by atoms with Crippen molar-refractivity contribution in [3.8, 4) is 0 Å². The summed E-state index contributed by atoms with van der Waals surface area (Å²) in [4.78, 5) is 23.8. The fourth-order valence-corrected chi connectivity index (χ4v) is 3.21. The quantitative estimate of drug-likeness (QED) is 0.678. The Labute approximate surface area is 136 Å². The molecular weight excluding hydrogens is 316 g/mol. The lowest BCUT2D eigenvalue weighted by atomic mass is 10.0. The molecule has 2 aliphatic rings. The number of nitrogens with zero attached hydrogens (tertiary/aromatic N) is 1. The second kappa shape index (κ2) is 7.66. The molecule has 0 spiro atoms. The van der Waals surface area contributed by atoms with Crippen molar-refractivity contribution in [1.29, 1.82) is 0 Å². The molecule has 3 rings (SSSR count). The number of thiazole rings is 1. The van der Waals surface area contributed by atoms with Crippen molar-refractivity contribution in [2.75, 3.05) is 6.54 Å². The van der Waals surface area contributed by atoms with Crippen molar-refractivity contribution in [1.82, 2.24) is 4.98 Å². The summed E-state index contributed by atoms with van der Waals surface area (Å²) in [5.74, 6) is -2.51. The van der Waals surface area contributed by atoms with Gasteiger partial charge in [-0.2, -0.15) is 0 Å². The van der Waals surface area contributed by atoms with Crippen LogP contribution in [0.3, 0.4) is 0 Å². The number of allylic oxidation sites excluding steroid dienone is 4. The minimum Gasteiger partial charge on any atom is -0.478 e. The fourth-order valence-electron chi connectivity index (χ4n) is 2.15. The zero-order valence-corrected chi connectivity index (χ0v) is 13.0. The number of aromatic nitrogens is 1. The van der Waals surface area contributed by atoms with Crippen LogP contribution in [0.25, 0.3) is 11.6 Å². The van der Waals surface area contributed by atoms with E-state index in [-0.39, 0.29) is 0 Å². The Bertz CT molecular complexity index is 815. The third-order valence-corrected chi connectivity index (χ3v) is 4.14. The third-order valence-electron chi connectivity index (χ3n) is 3.08. The number of hydrogen-bond donors (Lipinski definition) is 3. The normalized spacial score (nSPS) is 14.5. The van der Waals surface area contributed by atoms with E-state index in [2.05, 4.69) is 29.3 Å². The lowest BCUT2D eigenvalue weighted by Crippen LogP contribution is -2.19. The van der Waals surface area contributed by atoms with Crippen LogP contribution in [0.15, 0.2) is 36.0 Å². The zero-order valence-electron chi connectivity index (χ0n) is 12.2. The summed E-state index contributed by atoms with van der Waals surface area (Å²) in [5, 5.41) is 18.0. The number of hydrogen-bond acceptors (Lipinski definition) is 5. The van der Waals surface area contributed by atoms with Crippen LogP contribution in [0.1, 0.15) is 11.4 Å². The number of aliphatic carboxylic acids is 2. The van der Waals surface area contributed by atoms with Gasteiger partial charge in [0, 0.05) is 18.6 Å². The van der Waals surface area contributed by atoms with Gasteiger partial charge in [-0.15, -0.1) is 11.3 Å². The van der Waals surface area contributed by atoms with E-state index in [4.69, 9.17) is 15.9 Å². The van der Waals surface area contributed by atoms with Gasteiger partial charge in [0.05, 0.1) is 14.9 Å². The molecule has 0 saturated carbocycles. The molecule has 0 unspecified atom stereocenters. The Morgan fingerprint density at radius 1 is 1.30 bits per heavy atom. The molecule has 0 aliphatic heterocycles. The van der Waals surface area contributed by atoms with E-state index in [1.807, 2.05) is 0 Å². The van der Waals surface area contributed by atoms with Crippen molar-refractivity contribution < 1.29 is 19.8 Å². The van der Waals surface area contributed by atoms with E-state index >= 15 is 0 Å². The fraction of sp³-hybridized carbons (Fsp3) is 0.188. The number of carboxylic acid groups (broad SMARTS) is 2. The van der Waals surface area contributed by atoms with E-state index in [1.54, 1.807) is 11.3 Å². The zero-order chi connectivity index (χ0) is 16.8. The molecule has 1 aromatic heterocycles. The highest BCUT2D eigenvalue weighted by Crippen LogP contribution is 2.23. The molecule has 0 aromatic carbocycles. The van der Waals surface area contributed by atoms with Gasteiger partial charge in [-0.1, -0.05) is 18.2 Å². The molecular formula is C16H16N2O4S. The van der Waals surface area contributed by atoms with Crippen molar-refractivity contribution in [2.24, 2.45) is 5.73 Å². The number of carboxylic acids is 2. The van der Waals surface area contributed by atoms with Gasteiger partial charge < -0.3 is 15.9 Å². The van der Waals surface area contributed by atoms with Crippen LogP contribution in [-0.4, -0.2) is 33.7 Å². The predicted octanol–water partition coefficient (Wildman–Crippen LogP) is 0.187. The maximum absolute atomic E-state index is 9.55. The molecule has 0 amide bonds. The topological polar surface area (TPSA) is 114 Å². The van der Waals surface area contributed by atoms with Gasteiger partial charge in [-0.3, -0.25) is 0 Å². The Hall–Kier alpha value is -2.51. The monoisotopic (exact) mass is 332 g/mol. The first-order valence-electron chi connectivity index (χ1n) is 6.93. The molecule has 0 radical (unpaired) electrons. The second-order valence-corrected chi connectivity index (χ2v) is 5.86. The molecule has 0 saturated heterocycles. The van der Waals surface area contributed by atoms with Crippen molar-refractivity contribution in [2.45, 2.75) is 12.8 Å². The predicted molar refractivity (Wildman–Crippen MR) is 88.2 cm³/mol. The molecule has 120 valence electrons. The largest absolute Gasteiger partial charge is 0.478 e. The Morgan fingerprint density at radius 3 is 2.61 bits per heavy atom. The summed E-state index contributed by atoms with van der Waals surface area (Å²) in [5.41, 5.74) is 8.26. The molecule has 6 nitrogen and oxygen atoms in total. The molecule has 7 heteroatoms. The van der Waals surface area contributed by atoms with Crippen LogP contribution in [0, 0.1) is 0 Å². The van der Waals surface area contributed by atoms with E-state index in [0.29, 0.717) is 18.7 Å². The van der Waals surface area contributed by atoms with Gasteiger partial charge in [-0.25, -0.2) is 14.6 Å². The Morgan fingerprint density at radius 2 is 2.00 bits per heavy atom. The van der Waals surface area contributed by atoms with Gasteiger partial charge in [0.15, 0.2) is 0 Å². The highest BCUT2D eigenvalue weighted by atomic mass is 32.1. The number of nitrogens with two attached hydrogens (primary N) is 1. The minimum absolute atomic E-state index is 0.558. The van der Waals surface area contributed by atoms with Crippen molar-refractivity contribution in [3.63, 3.8) is 0 Å². The summed E-state index contributed by atoms with van der Waals surface area (Å²) < 4.78 is 1.31. The van der Waals surface area contributed by atoms with Crippen LogP contribution in [-0.2, 0) is 16.0 Å². The van der Waals surface area contributed by atoms with E-state index < -0.39 is 11.9 Å². The summed E-state index contributed by atoms with van der Waals surface area (Å²) in [6, 6.07) is 0. The summed E-state index contributed by atoms with van der Waals surface area (Å²) in [7, 11) is 0. The van der Waals surface area contributed by atoms with Gasteiger partial charge >= 0.3 is 11.9 Å². The van der Waals surface area contributed by atoms with Gasteiger partial charge in [0.25, 0.3) is 0 Å². The van der Waals surface area contributed by atoms with Crippen LogP contribution in [0.2, 0.25) is 0 Å². The van der Waals surface area contributed by atoms with Crippen LogP contribution in [0.5, 0.6) is 0 Å². The molecule has 2 aliphatic carbocycles. The SMILES string of the molecule is NCCc1nc2c(s1)=CC1=CC=CCC=21.O=C(O)C=CC(=O)O. The lowest BCUT2D eigenvalue weighted by Gasteiger charge is -2.04. The molecule has 4 N–H and O–H groups in total. The highest BCUT2D eigenvalue weighted by Gasteiger charge is 2.15. The smallest absolute Gasteiger partial charge is 0.328 e.